The Balaban J connectivity index is 1.92. The lowest BCUT2D eigenvalue weighted by atomic mass is 9.74. The van der Waals surface area contributed by atoms with E-state index in [1.165, 1.54) is 25.5 Å². The minimum absolute atomic E-state index is 0.0200. The van der Waals surface area contributed by atoms with Crippen LogP contribution in [0.25, 0.3) is 0 Å². The summed E-state index contributed by atoms with van der Waals surface area (Å²) >= 11 is 0. The van der Waals surface area contributed by atoms with Crippen molar-refractivity contribution in [2.24, 2.45) is 5.41 Å². The van der Waals surface area contributed by atoms with Crippen molar-refractivity contribution in [2.75, 3.05) is 33.2 Å². The molecule has 2 aliphatic rings. The topological polar surface area (TPSA) is 23.6 Å². The summed E-state index contributed by atoms with van der Waals surface area (Å²) in [6.45, 7) is 6.65. The summed E-state index contributed by atoms with van der Waals surface area (Å²) in [6.07, 6.45) is 7.27. The first kappa shape index (κ1) is 13.0. The molecular weight excluding hydrogens is 212 g/mol. The molecule has 1 unspecified atom stereocenters. The van der Waals surface area contributed by atoms with Crippen LogP contribution in [0.5, 0.6) is 0 Å². The van der Waals surface area contributed by atoms with Crippen molar-refractivity contribution in [1.29, 1.82) is 0 Å². The van der Waals surface area contributed by atoms with E-state index < -0.39 is 0 Å². The van der Waals surface area contributed by atoms with Crippen LogP contribution in [0.15, 0.2) is 0 Å². The molecular formula is C14H26N2O. The zero-order chi connectivity index (χ0) is 12.3. The smallest absolute Gasteiger partial charge is 0.127 e. The van der Waals surface area contributed by atoms with Crippen LogP contribution < -0.4 is 0 Å². The van der Waals surface area contributed by atoms with Crippen molar-refractivity contribution < 1.29 is 4.79 Å². The third-order valence-electron chi connectivity index (χ3n) is 4.68. The second-order valence-electron chi connectivity index (χ2n) is 6.11. The molecule has 0 aromatic rings. The minimum Gasteiger partial charge on any atom is -0.303 e. The van der Waals surface area contributed by atoms with E-state index in [1.54, 1.807) is 0 Å². The van der Waals surface area contributed by atoms with Crippen molar-refractivity contribution in [1.82, 2.24) is 9.80 Å². The van der Waals surface area contributed by atoms with Gasteiger partial charge in [0.1, 0.15) is 6.29 Å². The zero-order valence-electron chi connectivity index (χ0n) is 11.3. The van der Waals surface area contributed by atoms with Crippen LogP contribution >= 0.6 is 0 Å². The standard InChI is InChI=1S/C14H26N2O/c1-13-10-16(9-8-15(13)2)11-14(12-17)6-4-3-5-7-14/h12-13H,3-11H2,1-2H3. The summed E-state index contributed by atoms with van der Waals surface area (Å²) in [7, 11) is 2.19. The Bertz CT molecular complexity index is 261. The van der Waals surface area contributed by atoms with Gasteiger partial charge in [0.05, 0.1) is 0 Å². The van der Waals surface area contributed by atoms with Crippen LogP contribution in [0.4, 0.5) is 0 Å². The minimum atomic E-state index is -0.0200. The number of nitrogens with zero attached hydrogens (tertiary/aromatic N) is 2. The van der Waals surface area contributed by atoms with Gasteiger partial charge in [-0.25, -0.2) is 0 Å². The molecule has 17 heavy (non-hydrogen) atoms. The third-order valence-corrected chi connectivity index (χ3v) is 4.68. The second-order valence-corrected chi connectivity index (χ2v) is 6.11. The number of aldehydes is 1. The van der Waals surface area contributed by atoms with Gasteiger partial charge in [-0.15, -0.1) is 0 Å². The van der Waals surface area contributed by atoms with Crippen LogP contribution in [-0.4, -0.2) is 55.4 Å². The van der Waals surface area contributed by atoms with Crippen molar-refractivity contribution in [3.05, 3.63) is 0 Å². The van der Waals surface area contributed by atoms with E-state index in [-0.39, 0.29) is 5.41 Å². The molecule has 2 rings (SSSR count). The van der Waals surface area contributed by atoms with E-state index in [0.717, 1.165) is 39.0 Å². The maximum atomic E-state index is 11.5. The Labute approximate surface area is 105 Å². The van der Waals surface area contributed by atoms with E-state index in [9.17, 15) is 4.79 Å². The highest BCUT2D eigenvalue weighted by atomic mass is 16.1. The first-order chi connectivity index (χ1) is 8.15. The van der Waals surface area contributed by atoms with Crippen molar-refractivity contribution in [3.63, 3.8) is 0 Å². The molecule has 1 saturated heterocycles. The number of carbonyl (C=O) groups is 1. The van der Waals surface area contributed by atoms with Gasteiger partial charge in [0.2, 0.25) is 0 Å². The lowest BCUT2D eigenvalue weighted by Crippen LogP contribution is -2.53. The van der Waals surface area contributed by atoms with Crippen molar-refractivity contribution in [2.45, 2.75) is 45.1 Å². The number of likely N-dealkylation sites (N-methyl/N-ethyl adjacent to an activating group) is 1. The second kappa shape index (κ2) is 5.49. The summed E-state index contributed by atoms with van der Waals surface area (Å²) in [5.74, 6) is 0. The molecule has 1 aliphatic heterocycles. The summed E-state index contributed by atoms with van der Waals surface area (Å²) in [6, 6.07) is 0.621. The monoisotopic (exact) mass is 238 g/mol. The van der Waals surface area contributed by atoms with Gasteiger partial charge in [0, 0.05) is 37.6 Å². The van der Waals surface area contributed by atoms with E-state index in [1.807, 2.05) is 0 Å². The Morgan fingerprint density at radius 1 is 1.24 bits per heavy atom. The Morgan fingerprint density at radius 2 is 1.94 bits per heavy atom. The Hall–Kier alpha value is -0.410. The van der Waals surface area contributed by atoms with E-state index in [0.29, 0.717) is 6.04 Å². The molecule has 1 saturated carbocycles. The van der Waals surface area contributed by atoms with Gasteiger partial charge >= 0.3 is 0 Å². The quantitative estimate of drug-likeness (QED) is 0.700. The molecule has 0 spiro atoms. The fourth-order valence-electron chi connectivity index (χ4n) is 3.28. The van der Waals surface area contributed by atoms with Gasteiger partial charge in [0.15, 0.2) is 0 Å². The molecule has 1 aliphatic carbocycles. The maximum absolute atomic E-state index is 11.5. The highest BCUT2D eigenvalue weighted by Crippen LogP contribution is 2.35. The summed E-state index contributed by atoms with van der Waals surface area (Å²) in [4.78, 5) is 16.4. The van der Waals surface area contributed by atoms with E-state index in [2.05, 4.69) is 23.8 Å². The molecule has 2 fully saturated rings. The fourth-order valence-corrected chi connectivity index (χ4v) is 3.28. The van der Waals surface area contributed by atoms with Gasteiger partial charge in [-0.3, -0.25) is 4.90 Å². The molecule has 0 aromatic carbocycles. The van der Waals surface area contributed by atoms with Gasteiger partial charge < -0.3 is 9.69 Å². The predicted octanol–water partition coefficient (Wildman–Crippen LogP) is 1.77. The van der Waals surface area contributed by atoms with E-state index >= 15 is 0 Å². The van der Waals surface area contributed by atoms with E-state index in [4.69, 9.17) is 0 Å². The molecule has 3 heteroatoms. The number of hydrogen-bond acceptors (Lipinski definition) is 3. The number of hydrogen-bond donors (Lipinski definition) is 0. The first-order valence-corrected chi connectivity index (χ1v) is 7.04. The van der Waals surface area contributed by atoms with Gasteiger partial charge in [-0.05, 0) is 26.8 Å². The lowest BCUT2D eigenvalue weighted by Gasteiger charge is -2.42. The molecule has 0 N–H and O–H groups in total. The van der Waals surface area contributed by atoms with Crippen LogP contribution in [0.3, 0.4) is 0 Å². The van der Waals surface area contributed by atoms with Crippen molar-refractivity contribution >= 4 is 6.29 Å². The lowest BCUT2D eigenvalue weighted by molar-refractivity contribution is -0.119. The molecule has 98 valence electrons. The summed E-state index contributed by atoms with van der Waals surface area (Å²) < 4.78 is 0. The fraction of sp³-hybridized carbons (Fsp3) is 0.929. The molecule has 0 amide bonds. The molecule has 3 nitrogen and oxygen atoms in total. The average molecular weight is 238 g/mol. The largest absolute Gasteiger partial charge is 0.303 e. The summed E-state index contributed by atoms with van der Waals surface area (Å²) in [5, 5.41) is 0. The number of carbonyl (C=O) groups excluding carboxylic acids is 1. The third kappa shape index (κ3) is 3.08. The Kier molecular flexibility index (Phi) is 4.21. The normalized spacial score (nSPS) is 31.3. The molecule has 1 atom stereocenters. The number of rotatable bonds is 3. The molecule has 0 radical (unpaired) electrons. The van der Waals surface area contributed by atoms with Crippen LogP contribution in [0.2, 0.25) is 0 Å². The summed E-state index contributed by atoms with van der Waals surface area (Å²) in [5.41, 5.74) is -0.0200. The number of piperazine rings is 1. The highest BCUT2D eigenvalue weighted by molar-refractivity contribution is 5.60. The van der Waals surface area contributed by atoms with Crippen LogP contribution in [0, 0.1) is 5.41 Å². The Morgan fingerprint density at radius 3 is 2.53 bits per heavy atom. The maximum Gasteiger partial charge on any atom is 0.127 e. The molecule has 1 heterocycles. The highest BCUT2D eigenvalue weighted by Gasteiger charge is 2.35. The molecule has 0 bridgehead atoms. The molecule has 0 aromatic heterocycles. The first-order valence-electron chi connectivity index (χ1n) is 7.04. The van der Waals surface area contributed by atoms with Crippen LogP contribution in [0.1, 0.15) is 39.0 Å². The average Bonchev–Trinajstić information content (AvgIpc) is 2.35. The van der Waals surface area contributed by atoms with Crippen molar-refractivity contribution in [3.8, 4) is 0 Å². The van der Waals surface area contributed by atoms with Crippen LogP contribution in [-0.2, 0) is 4.79 Å². The predicted molar refractivity (Wildman–Crippen MR) is 70.1 cm³/mol. The SMILES string of the molecule is CC1CN(CC2(C=O)CCCCC2)CCN1C. The van der Waals surface area contributed by atoms with Gasteiger partial charge in [0.25, 0.3) is 0 Å². The van der Waals surface area contributed by atoms with Gasteiger partial charge in [-0.1, -0.05) is 19.3 Å². The zero-order valence-corrected chi connectivity index (χ0v) is 11.3. The van der Waals surface area contributed by atoms with Gasteiger partial charge in [-0.2, -0.15) is 0 Å².